The number of halogens is 1. The number of amides is 2. The van der Waals surface area contributed by atoms with Gasteiger partial charge in [0, 0.05) is 61.8 Å². The molecule has 9 nitrogen and oxygen atoms in total. The van der Waals surface area contributed by atoms with Crippen molar-refractivity contribution in [2.45, 2.75) is 50.2 Å². The van der Waals surface area contributed by atoms with Gasteiger partial charge in [-0.1, -0.05) is 30.3 Å². The topological polar surface area (TPSA) is 112 Å². The van der Waals surface area contributed by atoms with Gasteiger partial charge in [-0.3, -0.25) is 19.6 Å². The highest BCUT2D eigenvalue weighted by Gasteiger charge is 2.31. The second-order valence-corrected chi connectivity index (χ2v) is 10.5. The normalized spacial score (nSPS) is 19.1. The highest BCUT2D eigenvalue weighted by molar-refractivity contribution is 7.59. The van der Waals surface area contributed by atoms with Gasteiger partial charge in [0.05, 0.1) is 12.5 Å². The van der Waals surface area contributed by atoms with Gasteiger partial charge in [-0.05, 0) is 49.4 Å². The third kappa shape index (κ3) is 8.66. The fraction of sp³-hybridized carbons (Fsp3) is 0.400. The Labute approximate surface area is 259 Å². The molecular formula is C30H39FN6O3S2. The van der Waals surface area contributed by atoms with Gasteiger partial charge in [-0.25, -0.2) is 9.37 Å². The van der Waals surface area contributed by atoms with Gasteiger partial charge < -0.3 is 15.4 Å². The van der Waals surface area contributed by atoms with Gasteiger partial charge in [-0.2, -0.15) is 32.1 Å². The Morgan fingerprint density at radius 3 is 2.67 bits per heavy atom. The van der Waals surface area contributed by atoms with E-state index in [1.807, 2.05) is 48.2 Å². The van der Waals surface area contributed by atoms with Crippen LogP contribution in [-0.2, 0) is 14.3 Å². The Morgan fingerprint density at radius 2 is 1.95 bits per heavy atom. The van der Waals surface area contributed by atoms with Crippen molar-refractivity contribution >= 4 is 50.4 Å². The lowest BCUT2D eigenvalue weighted by Gasteiger charge is -2.21. The number of methoxy groups -OCH3 is 1. The lowest BCUT2D eigenvalue weighted by atomic mass is 9.96. The highest BCUT2D eigenvalue weighted by atomic mass is 32.1. The van der Waals surface area contributed by atoms with E-state index in [1.54, 1.807) is 25.4 Å². The summed E-state index contributed by atoms with van der Waals surface area (Å²) >= 11 is 0. The zero-order valence-corrected chi connectivity index (χ0v) is 25.8. The molecule has 1 aliphatic heterocycles. The Morgan fingerprint density at radius 1 is 1.14 bits per heavy atom. The predicted molar refractivity (Wildman–Crippen MR) is 173 cm³/mol. The zero-order chi connectivity index (χ0) is 28.1. The molecule has 3 atom stereocenters. The molecule has 2 amide bonds. The van der Waals surface area contributed by atoms with Crippen molar-refractivity contribution in [1.82, 2.24) is 20.1 Å². The van der Waals surface area contributed by atoms with Crippen LogP contribution in [0.2, 0.25) is 0 Å². The monoisotopic (exact) mass is 614 g/mol. The first-order valence-corrected chi connectivity index (χ1v) is 13.7. The van der Waals surface area contributed by atoms with Crippen LogP contribution in [0, 0.1) is 0 Å². The Bertz CT molecular complexity index is 1370. The third-order valence-corrected chi connectivity index (χ3v) is 7.44. The lowest BCUT2D eigenvalue weighted by Crippen LogP contribution is -2.33. The van der Waals surface area contributed by atoms with Gasteiger partial charge in [0.15, 0.2) is 5.82 Å². The molecule has 2 aromatic heterocycles. The first kappa shape index (κ1) is 33.3. The predicted octanol–water partition coefficient (Wildman–Crippen LogP) is 4.87. The van der Waals surface area contributed by atoms with Crippen LogP contribution in [0.25, 0.3) is 11.1 Å². The van der Waals surface area contributed by atoms with Crippen LogP contribution in [0.5, 0.6) is 0 Å². The second-order valence-electron chi connectivity index (χ2n) is 10.5. The number of aromatic nitrogens is 3. The number of pyridine rings is 1. The van der Waals surface area contributed by atoms with Crippen molar-refractivity contribution < 1.29 is 18.7 Å². The van der Waals surface area contributed by atoms with Gasteiger partial charge in [-0.15, -0.1) is 0 Å². The summed E-state index contributed by atoms with van der Waals surface area (Å²) in [6.45, 7) is 3.16. The number of carbonyl (C=O) groups is 2. The van der Waals surface area contributed by atoms with E-state index in [-0.39, 0.29) is 50.8 Å². The molecule has 1 saturated heterocycles. The molecule has 12 heteroatoms. The number of benzene rings is 1. The molecule has 42 heavy (non-hydrogen) atoms. The maximum absolute atomic E-state index is 13.7. The Hall–Kier alpha value is -3.19. The van der Waals surface area contributed by atoms with Crippen molar-refractivity contribution in [2.75, 3.05) is 37.4 Å². The van der Waals surface area contributed by atoms with Crippen molar-refractivity contribution in [2.24, 2.45) is 0 Å². The van der Waals surface area contributed by atoms with E-state index in [1.165, 1.54) is 6.08 Å². The van der Waals surface area contributed by atoms with E-state index >= 15 is 0 Å². The molecule has 0 bridgehead atoms. The van der Waals surface area contributed by atoms with Gasteiger partial charge in [0.25, 0.3) is 0 Å². The van der Waals surface area contributed by atoms with E-state index in [0.717, 1.165) is 35.2 Å². The van der Waals surface area contributed by atoms with Crippen LogP contribution in [0.3, 0.4) is 0 Å². The highest BCUT2D eigenvalue weighted by Crippen LogP contribution is 2.39. The molecule has 226 valence electrons. The summed E-state index contributed by atoms with van der Waals surface area (Å²) in [5.74, 6) is 0.708. The molecule has 3 heterocycles. The first-order valence-electron chi connectivity index (χ1n) is 13.7. The van der Waals surface area contributed by atoms with Gasteiger partial charge in [0.1, 0.15) is 12.0 Å². The average Bonchev–Trinajstić information content (AvgIpc) is 3.60. The number of nitrogens with zero attached hydrogens (tertiary/aromatic N) is 3. The molecule has 2 fully saturated rings. The van der Waals surface area contributed by atoms with Crippen LogP contribution < -0.4 is 10.6 Å². The van der Waals surface area contributed by atoms with Crippen molar-refractivity contribution in [3.63, 3.8) is 0 Å². The summed E-state index contributed by atoms with van der Waals surface area (Å²) in [7, 11) is 1.61. The van der Waals surface area contributed by atoms with Crippen molar-refractivity contribution in [3.8, 4) is 11.1 Å². The molecule has 0 radical (unpaired) electrons. The fourth-order valence-corrected chi connectivity index (χ4v) is 4.99. The minimum Gasteiger partial charge on any atom is -0.383 e. The van der Waals surface area contributed by atoms with Crippen LogP contribution in [0.4, 0.5) is 16.0 Å². The number of nitrogens with one attached hydrogen (secondary N) is 3. The molecule has 3 aromatic rings. The minimum atomic E-state index is -0.867. The smallest absolute Gasteiger partial charge is 0.249 e. The molecule has 1 aliphatic carbocycles. The summed E-state index contributed by atoms with van der Waals surface area (Å²) in [5, 5.41) is 12.9. The lowest BCUT2D eigenvalue weighted by molar-refractivity contribution is -0.117. The van der Waals surface area contributed by atoms with Crippen molar-refractivity contribution in [1.29, 1.82) is 0 Å². The number of anilines is 2. The van der Waals surface area contributed by atoms with Crippen LogP contribution in [-0.4, -0.2) is 70.9 Å². The molecule has 2 aliphatic rings. The molecule has 1 saturated carbocycles. The Balaban J connectivity index is 0.00000242. The van der Waals surface area contributed by atoms with E-state index in [2.05, 4.69) is 25.8 Å². The third-order valence-electron chi connectivity index (χ3n) is 7.44. The Kier molecular flexibility index (Phi) is 12.2. The summed E-state index contributed by atoms with van der Waals surface area (Å²) in [6, 6.07) is 13.3. The van der Waals surface area contributed by atoms with Crippen LogP contribution >= 0.6 is 27.0 Å². The molecular weight excluding hydrogens is 576 g/mol. The van der Waals surface area contributed by atoms with Gasteiger partial charge >= 0.3 is 0 Å². The van der Waals surface area contributed by atoms with E-state index in [0.29, 0.717) is 43.7 Å². The second kappa shape index (κ2) is 15.3. The summed E-state index contributed by atoms with van der Waals surface area (Å²) in [5.41, 5.74) is 3.73. The number of carbonyl (C=O) groups excluding carboxylic acids is 2. The van der Waals surface area contributed by atoms with E-state index < -0.39 is 6.17 Å². The molecule has 5 rings (SSSR count). The maximum Gasteiger partial charge on any atom is 0.249 e. The average molecular weight is 615 g/mol. The molecule has 3 N–H and O–H groups in total. The number of likely N-dealkylation sites (tertiary alicyclic amines) is 1. The largest absolute Gasteiger partial charge is 0.383 e. The zero-order valence-electron chi connectivity index (χ0n) is 23.8. The number of rotatable bonds is 11. The van der Waals surface area contributed by atoms with Crippen LogP contribution in [0.1, 0.15) is 49.3 Å². The number of hydrogen-bond acceptors (Lipinski definition) is 6. The fourth-order valence-electron chi connectivity index (χ4n) is 4.99. The summed E-state index contributed by atoms with van der Waals surface area (Å²) in [4.78, 5) is 31.6. The number of alkyl halides is 1. The molecule has 1 aromatic carbocycles. The standard InChI is InChI=1S/C30H35FN6O3.2H2S/c1-19(30(39)34-28-15-26(35-36-28)20-8-9-20)21-5-3-6-22(13-21)23-10-11-27(32-16-23)33-29(38)7-4-12-37-17-24(31)14-25(37)18-40-2;;/h3-7,10-11,13,15-16,19-20,24-25H,8-9,12,14,17-18H2,1-2H3,(H,32,33,38)(H2,34,35,36,39);2*1H2/b7-4+;;/t19?,24-,25-;;/m0../s1. The minimum absolute atomic E-state index is 0. The molecule has 0 spiro atoms. The van der Waals surface area contributed by atoms with Gasteiger partial charge in [0.2, 0.25) is 11.8 Å². The number of H-pyrrole nitrogens is 1. The number of ether oxygens (including phenoxy) is 1. The van der Waals surface area contributed by atoms with Crippen molar-refractivity contribution in [3.05, 3.63) is 72.1 Å². The SMILES string of the molecule is COC[C@@H]1C[C@H](F)CN1C/C=C/C(=O)Nc1ccc(-c2cccc(C(C)C(=O)Nc3cc(C4CC4)[nH]n3)c2)cn1.S.S. The van der Waals surface area contributed by atoms with Crippen LogP contribution in [0.15, 0.2) is 60.8 Å². The van der Waals surface area contributed by atoms with E-state index in [4.69, 9.17) is 4.74 Å². The quantitative estimate of drug-likeness (QED) is 0.266. The first-order chi connectivity index (χ1) is 19.4. The summed E-state index contributed by atoms with van der Waals surface area (Å²) < 4.78 is 18.9. The van der Waals surface area contributed by atoms with E-state index in [9.17, 15) is 14.0 Å². The summed E-state index contributed by atoms with van der Waals surface area (Å²) in [6.07, 6.45) is 6.76. The molecule has 1 unspecified atom stereocenters. The maximum atomic E-state index is 13.7. The number of hydrogen-bond donors (Lipinski definition) is 3. The number of aromatic amines is 1.